The van der Waals surface area contributed by atoms with Gasteiger partial charge in [0.15, 0.2) is 0 Å². The molecule has 152 valence electrons. The van der Waals surface area contributed by atoms with Crippen molar-refractivity contribution in [3.63, 3.8) is 0 Å². The van der Waals surface area contributed by atoms with Crippen LogP contribution in [0.15, 0.2) is 58.3 Å². The highest BCUT2D eigenvalue weighted by molar-refractivity contribution is 7.89. The molecular weight excluding hydrogens is 402 g/mol. The van der Waals surface area contributed by atoms with Crippen molar-refractivity contribution in [2.45, 2.75) is 36.0 Å². The van der Waals surface area contributed by atoms with Gasteiger partial charge in [0.25, 0.3) is 0 Å². The Hall–Kier alpha value is -2.27. The molecule has 0 heterocycles. The molecule has 0 saturated carbocycles. The van der Waals surface area contributed by atoms with E-state index in [1.165, 1.54) is 36.4 Å². The van der Waals surface area contributed by atoms with Crippen LogP contribution in [0.25, 0.3) is 0 Å². The number of amides is 1. The molecule has 0 fully saturated rings. The largest absolute Gasteiger partial charge is 0.326 e. The molecule has 2 aromatic carbocycles. The zero-order chi connectivity index (χ0) is 20.8. The number of aryl methyl sites for hydroxylation is 1. The molecule has 0 aliphatic heterocycles. The van der Waals surface area contributed by atoms with Crippen molar-refractivity contribution in [1.82, 2.24) is 4.72 Å². The summed E-state index contributed by atoms with van der Waals surface area (Å²) in [5.41, 5.74) is 1.29. The van der Waals surface area contributed by atoms with E-state index >= 15 is 0 Å². The maximum Gasteiger partial charge on any atom is 0.240 e. The molecule has 2 aromatic rings. The van der Waals surface area contributed by atoms with E-state index in [2.05, 4.69) is 10.0 Å². The van der Waals surface area contributed by atoms with Crippen LogP contribution in [0.2, 0.25) is 0 Å². The molecule has 10 heteroatoms. The number of hydrogen-bond acceptors (Lipinski definition) is 5. The quantitative estimate of drug-likeness (QED) is 0.561. The second-order valence-corrected chi connectivity index (χ2v) is 9.49. The first-order valence-corrected chi connectivity index (χ1v) is 11.7. The summed E-state index contributed by atoms with van der Waals surface area (Å²) in [6.07, 6.45) is 1.33. The summed E-state index contributed by atoms with van der Waals surface area (Å²) in [7, 11) is -7.28. The third kappa shape index (κ3) is 6.41. The van der Waals surface area contributed by atoms with Gasteiger partial charge in [0.1, 0.15) is 0 Å². The smallest absolute Gasteiger partial charge is 0.240 e. The van der Waals surface area contributed by atoms with Crippen molar-refractivity contribution >= 4 is 31.6 Å². The number of primary sulfonamides is 1. The van der Waals surface area contributed by atoms with E-state index in [0.29, 0.717) is 25.1 Å². The third-order valence-corrected chi connectivity index (χ3v) is 6.29. The SMILES string of the molecule is CCCNS(=O)(=O)c1ccc(CCC(=O)Nc2ccc(S(N)(=O)=O)cc2)cc1. The van der Waals surface area contributed by atoms with Gasteiger partial charge in [0.2, 0.25) is 26.0 Å². The van der Waals surface area contributed by atoms with E-state index in [1.807, 2.05) is 6.92 Å². The molecule has 0 radical (unpaired) electrons. The number of rotatable bonds is 9. The van der Waals surface area contributed by atoms with Crippen molar-refractivity contribution in [2.75, 3.05) is 11.9 Å². The first-order valence-electron chi connectivity index (χ1n) is 8.63. The number of nitrogens with two attached hydrogens (primary N) is 1. The standard InChI is InChI=1S/C18H23N3O5S2/c1-2-13-20-28(25,26)17-8-3-14(4-9-17)5-12-18(22)21-15-6-10-16(11-7-15)27(19,23)24/h3-4,6-11,20H,2,5,12-13H2,1H3,(H,21,22)(H2,19,23,24). The fourth-order valence-corrected chi connectivity index (χ4v) is 4.01. The molecule has 8 nitrogen and oxygen atoms in total. The number of nitrogens with one attached hydrogen (secondary N) is 2. The van der Waals surface area contributed by atoms with Crippen LogP contribution in [0.5, 0.6) is 0 Å². The van der Waals surface area contributed by atoms with E-state index in [-0.39, 0.29) is 22.1 Å². The van der Waals surface area contributed by atoms with Crippen molar-refractivity contribution in [3.8, 4) is 0 Å². The topological polar surface area (TPSA) is 135 Å². The van der Waals surface area contributed by atoms with Gasteiger partial charge in [0.05, 0.1) is 9.79 Å². The molecule has 0 aliphatic rings. The predicted octanol–water partition coefficient (Wildman–Crippen LogP) is 1.59. The fourth-order valence-electron chi connectivity index (χ4n) is 2.36. The van der Waals surface area contributed by atoms with E-state index < -0.39 is 20.0 Å². The maximum absolute atomic E-state index is 12.1. The lowest BCUT2D eigenvalue weighted by atomic mass is 10.1. The Balaban J connectivity index is 1.90. The molecule has 28 heavy (non-hydrogen) atoms. The van der Waals surface area contributed by atoms with Crippen molar-refractivity contribution < 1.29 is 21.6 Å². The van der Waals surface area contributed by atoms with Crippen molar-refractivity contribution in [2.24, 2.45) is 5.14 Å². The number of anilines is 1. The van der Waals surface area contributed by atoms with E-state index in [0.717, 1.165) is 5.56 Å². The molecule has 0 aromatic heterocycles. The zero-order valence-corrected chi connectivity index (χ0v) is 17.0. The summed E-state index contributed by atoms with van der Waals surface area (Å²) in [4.78, 5) is 12.2. The van der Waals surface area contributed by atoms with Crippen LogP contribution in [-0.4, -0.2) is 29.3 Å². The van der Waals surface area contributed by atoms with Crippen LogP contribution in [0, 0.1) is 0 Å². The lowest BCUT2D eigenvalue weighted by Crippen LogP contribution is -2.24. The third-order valence-electron chi connectivity index (χ3n) is 3.88. The summed E-state index contributed by atoms with van der Waals surface area (Å²) in [6.45, 7) is 2.26. The Labute approximate surface area is 165 Å². The molecule has 0 spiro atoms. The van der Waals surface area contributed by atoms with Gasteiger partial charge in [-0.05, 0) is 54.8 Å². The Morgan fingerprint density at radius 1 is 0.929 bits per heavy atom. The van der Waals surface area contributed by atoms with Crippen LogP contribution in [0.1, 0.15) is 25.3 Å². The van der Waals surface area contributed by atoms with Gasteiger partial charge in [-0.2, -0.15) is 0 Å². The zero-order valence-electron chi connectivity index (χ0n) is 15.4. The molecule has 4 N–H and O–H groups in total. The summed E-state index contributed by atoms with van der Waals surface area (Å²) < 4.78 is 49.0. The van der Waals surface area contributed by atoms with Gasteiger partial charge >= 0.3 is 0 Å². The molecular formula is C18H23N3O5S2. The first-order chi connectivity index (χ1) is 13.1. The summed E-state index contributed by atoms with van der Waals surface area (Å²) in [5, 5.41) is 7.69. The second kappa shape index (κ2) is 9.28. The summed E-state index contributed by atoms with van der Waals surface area (Å²) in [5.74, 6) is -0.246. The molecule has 2 rings (SSSR count). The van der Waals surface area contributed by atoms with Gasteiger partial charge in [-0.3, -0.25) is 4.79 Å². The Morgan fingerprint density at radius 2 is 1.50 bits per heavy atom. The predicted molar refractivity (Wildman–Crippen MR) is 107 cm³/mol. The highest BCUT2D eigenvalue weighted by atomic mass is 32.2. The summed E-state index contributed by atoms with van der Waals surface area (Å²) in [6, 6.07) is 11.9. The first kappa shape index (κ1) is 22.0. The van der Waals surface area contributed by atoms with Crippen LogP contribution < -0.4 is 15.2 Å². The minimum atomic E-state index is -3.77. The minimum Gasteiger partial charge on any atom is -0.326 e. The van der Waals surface area contributed by atoms with E-state index in [4.69, 9.17) is 5.14 Å². The molecule has 0 saturated heterocycles. The van der Waals surface area contributed by atoms with E-state index in [1.54, 1.807) is 12.1 Å². The van der Waals surface area contributed by atoms with Gasteiger partial charge < -0.3 is 5.32 Å². The monoisotopic (exact) mass is 425 g/mol. The summed E-state index contributed by atoms with van der Waals surface area (Å²) >= 11 is 0. The number of benzene rings is 2. The minimum absolute atomic E-state index is 0.0334. The van der Waals surface area contributed by atoms with Crippen molar-refractivity contribution in [1.29, 1.82) is 0 Å². The molecule has 0 unspecified atom stereocenters. The van der Waals surface area contributed by atoms with Crippen LogP contribution in [0.4, 0.5) is 5.69 Å². The van der Waals surface area contributed by atoms with Gasteiger partial charge in [-0.25, -0.2) is 26.7 Å². The average Bonchev–Trinajstić information content (AvgIpc) is 2.65. The number of hydrogen-bond donors (Lipinski definition) is 3. The normalized spacial score (nSPS) is 11.9. The molecule has 0 aliphatic carbocycles. The van der Waals surface area contributed by atoms with Crippen LogP contribution >= 0.6 is 0 Å². The van der Waals surface area contributed by atoms with Gasteiger partial charge in [0, 0.05) is 18.7 Å². The second-order valence-electron chi connectivity index (χ2n) is 6.16. The average molecular weight is 426 g/mol. The molecule has 0 bridgehead atoms. The Morgan fingerprint density at radius 3 is 2.04 bits per heavy atom. The maximum atomic E-state index is 12.1. The number of carbonyl (C=O) groups excluding carboxylic acids is 1. The van der Waals surface area contributed by atoms with Crippen LogP contribution in [0.3, 0.4) is 0 Å². The number of sulfonamides is 2. The highest BCUT2D eigenvalue weighted by Gasteiger charge is 2.13. The number of carbonyl (C=O) groups is 1. The highest BCUT2D eigenvalue weighted by Crippen LogP contribution is 2.15. The van der Waals surface area contributed by atoms with E-state index in [9.17, 15) is 21.6 Å². The fraction of sp³-hybridized carbons (Fsp3) is 0.278. The van der Waals surface area contributed by atoms with Crippen LogP contribution in [-0.2, 0) is 31.3 Å². The molecule has 0 atom stereocenters. The molecule has 1 amide bonds. The van der Waals surface area contributed by atoms with Gasteiger partial charge in [-0.15, -0.1) is 0 Å². The lowest BCUT2D eigenvalue weighted by molar-refractivity contribution is -0.116. The Kier molecular flexibility index (Phi) is 7.30. The lowest BCUT2D eigenvalue weighted by Gasteiger charge is -2.08. The van der Waals surface area contributed by atoms with Crippen molar-refractivity contribution in [3.05, 3.63) is 54.1 Å². The van der Waals surface area contributed by atoms with Gasteiger partial charge in [-0.1, -0.05) is 19.1 Å². The Bertz CT molecular complexity index is 1020.